The first-order valence-electron chi connectivity index (χ1n) is 11.0. The van der Waals surface area contributed by atoms with Gasteiger partial charge in [-0.05, 0) is 48.7 Å². The fourth-order valence-corrected chi connectivity index (χ4v) is 4.92. The molecule has 3 aliphatic rings. The zero-order valence-corrected chi connectivity index (χ0v) is 17.6. The predicted octanol–water partition coefficient (Wildman–Crippen LogP) is 3.92. The minimum Gasteiger partial charge on any atom is -0.508 e. The maximum atomic E-state index is 13.2. The largest absolute Gasteiger partial charge is 0.508 e. The molecule has 0 spiro atoms. The standard InChI is InChI=1S/C25H25NO6/c27-18-9-6-15(7-10-18)22-21(24(29)25(30)26(22)17-4-2-1-3-5-17)23(28)16-8-11-19-20(14-16)32-13-12-31-19/h6-11,14,17,22,27-28H,1-5,12-13H2/b23-21-. The lowest BCUT2D eigenvalue weighted by Gasteiger charge is -2.35. The molecule has 7 heteroatoms. The summed E-state index contributed by atoms with van der Waals surface area (Å²) in [5, 5.41) is 21.0. The van der Waals surface area contributed by atoms with E-state index >= 15 is 0 Å². The van der Waals surface area contributed by atoms with Gasteiger partial charge in [0.15, 0.2) is 11.5 Å². The van der Waals surface area contributed by atoms with E-state index in [0.29, 0.717) is 35.8 Å². The van der Waals surface area contributed by atoms with E-state index in [9.17, 15) is 19.8 Å². The number of hydrogen-bond acceptors (Lipinski definition) is 6. The molecule has 1 amide bonds. The Kier molecular flexibility index (Phi) is 5.25. The van der Waals surface area contributed by atoms with Crippen LogP contribution >= 0.6 is 0 Å². The first-order valence-corrected chi connectivity index (χ1v) is 11.0. The lowest BCUT2D eigenvalue weighted by Crippen LogP contribution is -2.40. The first kappa shape index (κ1) is 20.4. The third kappa shape index (κ3) is 3.47. The fraction of sp³-hybridized carbons (Fsp3) is 0.360. The van der Waals surface area contributed by atoms with Gasteiger partial charge in [-0.15, -0.1) is 0 Å². The number of aliphatic hydroxyl groups excluding tert-OH is 1. The summed E-state index contributed by atoms with van der Waals surface area (Å²) in [6.45, 7) is 0.850. The number of aliphatic hydroxyl groups is 1. The number of Topliss-reactive ketones (excluding diaryl/α,β-unsaturated/α-hetero) is 1. The molecular formula is C25H25NO6. The molecule has 0 bridgehead atoms. The number of carbonyl (C=O) groups is 2. The highest BCUT2D eigenvalue weighted by molar-refractivity contribution is 6.46. The van der Waals surface area contributed by atoms with Gasteiger partial charge in [0.05, 0.1) is 11.6 Å². The van der Waals surface area contributed by atoms with Gasteiger partial charge in [0, 0.05) is 11.6 Å². The number of fused-ring (bicyclic) bond motifs is 1. The van der Waals surface area contributed by atoms with E-state index in [1.807, 2.05) is 0 Å². The van der Waals surface area contributed by atoms with Gasteiger partial charge < -0.3 is 24.6 Å². The summed E-state index contributed by atoms with van der Waals surface area (Å²) in [7, 11) is 0. The van der Waals surface area contributed by atoms with Crippen molar-refractivity contribution in [3.63, 3.8) is 0 Å². The van der Waals surface area contributed by atoms with Gasteiger partial charge in [0.2, 0.25) is 0 Å². The van der Waals surface area contributed by atoms with Crippen molar-refractivity contribution in [1.82, 2.24) is 4.90 Å². The molecule has 2 aromatic carbocycles. The number of likely N-dealkylation sites (tertiary alicyclic amines) is 1. The molecule has 0 aromatic heterocycles. The normalized spacial score (nSPS) is 22.9. The highest BCUT2D eigenvalue weighted by Gasteiger charge is 2.48. The SMILES string of the molecule is O=C1C(=O)N(C2CCCCC2)C(c2ccc(O)cc2)/C1=C(/O)c1ccc2c(c1)OCCO2. The van der Waals surface area contributed by atoms with Crippen LogP contribution in [0.25, 0.3) is 5.76 Å². The summed E-state index contributed by atoms with van der Waals surface area (Å²) in [4.78, 5) is 28.0. The van der Waals surface area contributed by atoms with Gasteiger partial charge in [0.1, 0.15) is 24.7 Å². The lowest BCUT2D eigenvalue weighted by atomic mass is 9.91. The summed E-state index contributed by atoms with van der Waals surface area (Å²) < 4.78 is 11.2. The average Bonchev–Trinajstić information content (AvgIpc) is 3.09. The molecule has 1 aliphatic carbocycles. The number of benzene rings is 2. The van der Waals surface area contributed by atoms with Gasteiger partial charge in [-0.25, -0.2) is 0 Å². The quantitative estimate of drug-likeness (QED) is 0.431. The smallest absolute Gasteiger partial charge is 0.295 e. The third-order valence-electron chi connectivity index (χ3n) is 6.47. The van der Waals surface area contributed by atoms with Crippen LogP contribution in [0.15, 0.2) is 48.0 Å². The molecule has 1 saturated heterocycles. The van der Waals surface area contributed by atoms with Crippen molar-refractivity contribution < 1.29 is 29.3 Å². The molecule has 166 valence electrons. The Morgan fingerprint density at radius 1 is 0.906 bits per heavy atom. The van der Waals surface area contributed by atoms with Gasteiger partial charge in [-0.3, -0.25) is 9.59 Å². The molecule has 1 saturated carbocycles. The van der Waals surface area contributed by atoms with E-state index in [-0.39, 0.29) is 23.1 Å². The van der Waals surface area contributed by atoms with Gasteiger partial charge in [-0.2, -0.15) is 0 Å². The van der Waals surface area contributed by atoms with Crippen LogP contribution in [0.4, 0.5) is 0 Å². The second-order valence-electron chi connectivity index (χ2n) is 8.45. The van der Waals surface area contributed by atoms with Gasteiger partial charge in [0.25, 0.3) is 11.7 Å². The van der Waals surface area contributed by atoms with Gasteiger partial charge >= 0.3 is 0 Å². The van der Waals surface area contributed by atoms with Crippen LogP contribution < -0.4 is 9.47 Å². The monoisotopic (exact) mass is 435 g/mol. The van der Waals surface area contributed by atoms with Crippen molar-refractivity contribution in [2.24, 2.45) is 0 Å². The fourth-order valence-electron chi connectivity index (χ4n) is 4.92. The summed E-state index contributed by atoms with van der Waals surface area (Å²) in [5.74, 6) is -0.365. The Morgan fingerprint density at radius 2 is 1.59 bits per heavy atom. The Labute approximate surface area is 185 Å². The first-order chi connectivity index (χ1) is 15.5. The van der Waals surface area contributed by atoms with Crippen molar-refractivity contribution in [2.75, 3.05) is 13.2 Å². The Bertz CT molecular complexity index is 1080. The molecule has 2 aromatic rings. The molecule has 2 aliphatic heterocycles. The van der Waals surface area contributed by atoms with Crippen molar-refractivity contribution in [3.8, 4) is 17.2 Å². The molecule has 2 N–H and O–H groups in total. The molecule has 5 rings (SSSR count). The maximum Gasteiger partial charge on any atom is 0.295 e. The van der Waals surface area contributed by atoms with Crippen LogP contribution in [-0.2, 0) is 9.59 Å². The van der Waals surface area contributed by atoms with E-state index in [1.54, 1.807) is 35.2 Å². The summed E-state index contributed by atoms with van der Waals surface area (Å²) in [5.41, 5.74) is 1.12. The Balaban J connectivity index is 1.63. The number of phenolic OH excluding ortho intramolecular Hbond substituents is 1. The number of carbonyl (C=O) groups excluding carboxylic acids is 2. The minimum atomic E-state index is -0.716. The van der Waals surface area contributed by atoms with Crippen molar-refractivity contribution in [2.45, 2.75) is 44.2 Å². The molecule has 32 heavy (non-hydrogen) atoms. The van der Waals surface area contributed by atoms with Crippen LogP contribution in [0.1, 0.15) is 49.3 Å². The number of ketones is 1. The maximum absolute atomic E-state index is 13.2. The number of rotatable bonds is 3. The van der Waals surface area contributed by atoms with E-state index in [0.717, 1.165) is 32.1 Å². The number of phenols is 1. The van der Waals surface area contributed by atoms with E-state index < -0.39 is 17.7 Å². The van der Waals surface area contributed by atoms with E-state index in [1.165, 1.54) is 12.1 Å². The van der Waals surface area contributed by atoms with Crippen molar-refractivity contribution in [3.05, 3.63) is 59.2 Å². The Morgan fingerprint density at radius 3 is 2.31 bits per heavy atom. The molecule has 2 fully saturated rings. The predicted molar refractivity (Wildman–Crippen MR) is 117 cm³/mol. The van der Waals surface area contributed by atoms with Crippen LogP contribution in [0.5, 0.6) is 17.2 Å². The summed E-state index contributed by atoms with van der Waals surface area (Å²) in [6, 6.07) is 10.6. The zero-order valence-electron chi connectivity index (χ0n) is 17.6. The van der Waals surface area contributed by atoms with Crippen molar-refractivity contribution in [1.29, 1.82) is 0 Å². The van der Waals surface area contributed by atoms with Crippen LogP contribution in [0.3, 0.4) is 0 Å². The van der Waals surface area contributed by atoms with Crippen LogP contribution in [0, 0.1) is 0 Å². The number of nitrogens with zero attached hydrogens (tertiary/aromatic N) is 1. The highest BCUT2D eigenvalue weighted by atomic mass is 16.6. The number of hydrogen-bond donors (Lipinski definition) is 2. The molecular weight excluding hydrogens is 410 g/mol. The molecule has 7 nitrogen and oxygen atoms in total. The molecule has 0 radical (unpaired) electrons. The lowest BCUT2D eigenvalue weighted by molar-refractivity contribution is -0.141. The van der Waals surface area contributed by atoms with E-state index in [2.05, 4.69) is 0 Å². The number of amides is 1. The van der Waals surface area contributed by atoms with E-state index in [4.69, 9.17) is 9.47 Å². The topological polar surface area (TPSA) is 96.3 Å². The molecule has 2 heterocycles. The summed E-state index contributed by atoms with van der Waals surface area (Å²) in [6.07, 6.45) is 4.76. The second kappa shape index (κ2) is 8.22. The zero-order chi connectivity index (χ0) is 22.2. The highest BCUT2D eigenvalue weighted by Crippen LogP contribution is 2.44. The minimum absolute atomic E-state index is 0.0583. The van der Waals surface area contributed by atoms with Gasteiger partial charge in [-0.1, -0.05) is 31.4 Å². The van der Waals surface area contributed by atoms with Crippen LogP contribution in [0.2, 0.25) is 0 Å². The summed E-state index contributed by atoms with van der Waals surface area (Å²) >= 11 is 0. The Hall–Kier alpha value is -3.48. The molecule has 1 unspecified atom stereocenters. The third-order valence-corrected chi connectivity index (χ3v) is 6.47. The number of ether oxygens (including phenoxy) is 2. The second-order valence-corrected chi connectivity index (χ2v) is 8.45. The van der Waals surface area contributed by atoms with Crippen LogP contribution in [-0.4, -0.2) is 46.1 Å². The average molecular weight is 435 g/mol. The van der Waals surface area contributed by atoms with Crippen molar-refractivity contribution >= 4 is 17.4 Å². The molecule has 1 atom stereocenters. The number of aromatic hydroxyl groups is 1.